The molecule has 5 rings (SSSR count). The lowest BCUT2D eigenvalue weighted by Crippen LogP contribution is -2.56. The van der Waals surface area contributed by atoms with Crippen molar-refractivity contribution < 1.29 is 4.74 Å². The molecule has 2 bridgehead atoms. The van der Waals surface area contributed by atoms with E-state index in [-0.39, 0.29) is 5.56 Å². The van der Waals surface area contributed by atoms with Crippen molar-refractivity contribution in [2.75, 3.05) is 33.4 Å². The second-order valence-electron chi connectivity index (χ2n) is 9.45. The maximum absolute atomic E-state index is 13.3. The SMILES string of the molecule is CCCc1cc(CN(C)Cc2ccc3n(c2=O)C[C@H]2C[C@@H]3CN(C3COC3)C2)[nH]n1. The van der Waals surface area contributed by atoms with Crippen molar-refractivity contribution in [3.63, 3.8) is 0 Å². The van der Waals surface area contributed by atoms with Crippen LogP contribution in [-0.4, -0.2) is 64.0 Å². The Bertz CT molecular complexity index is 947. The fourth-order valence-corrected chi connectivity index (χ4v) is 5.39. The molecule has 2 saturated heterocycles. The van der Waals surface area contributed by atoms with Crippen molar-refractivity contribution >= 4 is 0 Å². The molecule has 0 spiro atoms. The Balaban J connectivity index is 1.28. The monoisotopic (exact) mass is 411 g/mol. The summed E-state index contributed by atoms with van der Waals surface area (Å²) < 4.78 is 7.48. The van der Waals surface area contributed by atoms with E-state index in [9.17, 15) is 4.79 Å². The third-order valence-corrected chi connectivity index (χ3v) is 6.92. The van der Waals surface area contributed by atoms with Gasteiger partial charge in [0, 0.05) is 55.6 Å². The van der Waals surface area contributed by atoms with E-state index in [2.05, 4.69) is 56.7 Å². The first kappa shape index (κ1) is 20.0. The summed E-state index contributed by atoms with van der Waals surface area (Å²) in [6.07, 6.45) is 3.31. The number of nitrogens with zero attached hydrogens (tertiary/aromatic N) is 4. The van der Waals surface area contributed by atoms with Gasteiger partial charge in [-0.2, -0.15) is 5.10 Å². The molecule has 3 aliphatic heterocycles. The molecule has 0 aliphatic carbocycles. The Labute approximate surface area is 178 Å². The van der Waals surface area contributed by atoms with E-state index in [0.717, 1.165) is 69.2 Å². The zero-order chi connectivity index (χ0) is 20.7. The molecule has 30 heavy (non-hydrogen) atoms. The van der Waals surface area contributed by atoms with Crippen LogP contribution in [0.25, 0.3) is 0 Å². The molecule has 1 N–H and O–H groups in total. The van der Waals surface area contributed by atoms with Crippen LogP contribution < -0.4 is 5.56 Å². The smallest absolute Gasteiger partial charge is 0.255 e. The first-order chi connectivity index (χ1) is 14.6. The average Bonchev–Trinajstić information content (AvgIpc) is 3.10. The van der Waals surface area contributed by atoms with Crippen LogP contribution >= 0.6 is 0 Å². The summed E-state index contributed by atoms with van der Waals surface area (Å²) >= 11 is 0. The van der Waals surface area contributed by atoms with Crippen LogP contribution in [0.15, 0.2) is 23.0 Å². The highest BCUT2D eigenvalue weighted by atomic mass is 16.5. The van der Waals surface area contributed by atoms with E-state index < -0.39 is 0 Å². The molecule has 0 radical (unpaired) electrons. The van der Waals surface area contributed by atoms with E-state index in [1.807, 2.05) is 0 Å². The van der Waals surface area contributed by atoms with Gasteiger partial charge in [0.05, 0.1) is 24.9 Å². The minimum absolute atomic E-state index is 0.200. The molecular weight excluding hydrogens is 378 g/mol. The lowest BCUT2D eigenvalue weighted by atomic mass is 9.82. The van der Waals surface area contributed by atoms with Gasteiger partial charge in [0.25, 0.3) is 5.56 Å². The molecule has 162 valence electrons. The predicted octanol–water partition coefficient (Wildman–Crippen LogP) is 1.97. The number of pyridine rings is 1. The van der Waals surface area contributed by atoms with Gasteiger partial charge in [0.1, 0.15) is 0 Å². The molecular formula is C23H33N5O2. The molecule has 7 nitrogen and oxygen atoms in total. The number of hydrogen-bond acceptors (Lipinski definition) is 5. The molecule has 2 fully saturated rings. The van der Waals surface area contributed by atoms with Crippen molar-refractivity contribution in [1.29, 1.82) is 0 Å². The zero-order valence-electron chi connectivity index (χ0n) is 18.1. The Hall–Kier alpha value is -1.96. The van der Waals surface area contributed by atoms with Gasteiger partial charge in [0.2, 0.25) is 0 Å². The fraction of sp³-hybridized carbons (Fsp3) is 0.652. The highest BCUT2D eigenvalue weighted by Crippen LogP contribution is 2.36. The van der Waals surface area contributed by atoms with Crippen molar-refractivity contribution in [3.8, 4) is 0 Å². The quantitative estimate of drug-likeness (QED) is 0.755. The third kappa shape index (κ3) is 3.86. The molecule has 0 unspecified atom stereocenters. The van der Waals surface area contributed by atoms with E-state index in [0.29, 0.717) is 24.4 Å². The summed E-state index contributed by atoms with van der Waals surface area (Å²) in [6, 6.07) is 7.00. The first-order valence-electron chi connectivity index (χ1n) is 11.4. The number of rotatable bonds is 7. The third-order valence-electron chi connectivity index (χ3n) is 6.92. The lowest BCUT2D eigenvalue weighted by molar-refractivity contribution is -0.0827. The Morgan fingerprint density at radius 3 is 2.87 bits per heavy atom. The number of fused-ring (bicyclic) bond motifs is 4. The molecule has 2 aromatic rings. The minimum Gasteiger partial charge on any atom is -0.378 e. The van der Waals surface area contributed by atoms with E-state index in [4.69, 9.17) is 4.74 Å². The van der Waals surface area contributed by atoms with E-state index in [1.165, 1.54) is 12.1 Å². The van der Waals surface area contributed by atoms with Crippen LogP contribution in [0.5, 0.6) is 0 Å². The Morgan fingerprint density at radius 2 is 2.10 bits per heavy atom. The second-order valence-corrected chi connectivity index (χ2v) is 9.45. The molecule has 0 aromatic carbocycles. The van der Waals surface area contributed by atoms with Crippen molar-refractivity contribution in [3.05, 3.63) is 51.2 Å². The van der Waals surface area contributed by atoms with E-state index in [1.54, 1.807) is 0 Å². The van der Waals surface area contributed by atoms with Gasteiger partial charge in [0.15, 0.2) is 0 Å². The largest absolute Gasteiger partial charge is 0.378 e. The maximum Gasteiger partial charge on any atom is 0.255 e. The summed E-state index contributed by atoms with van der Waals surface area (Å²) in [5, 5.41) is 7.51. The van der Waals surface area contributed by atoms with Crippen LogP contribution in [0.4, 0.5) is 0 Å². The normalized spacial score (nSPS) is 24.1. The van der Waals surface area contributed by atoms with Gasteiger partial charge < -0.3 is 9.30 Å². The van der Waals surface area contributed by atoms with Crippen LogP contribution in [0.3, 0.4) is 0 Å². The van der Waals surface area contributed by atoms with Gasteiger partial charge >= 0.3 is 0 Å². The van der Waals surface area contributed by atoms with Gasteiger partial charge in [-0.25, -0.2) is 0 Å². The van der Waals surface area contributed by atoms with Crippen LogP contribution in [0.1, 0.15) is 48.3 Å². The number of piperidine rings is 1. The number of hydrogen-bond donors (Lipinski definition) is 1. The molecule has 2 atom stereocenters. The number of aromatic amines is 1. The van der Waals surface area contributed by atoms with Crippen LogP contribution in [0.2, 0.25) is 0 Å². The summed E-state index contributed by atoms with van der Waals surface area (Å²) in [5.41, 5.74) is 4.53. The topological polar surface area (TPSA) is 66.4 Å². The molecule has 0 amide bonds. The molecule has 2 aromatic heterocycles. The van der Waals surface area contributed by atoms with E-state index >= 15 is 0 Å². The molecule has 5 heterocycles. The van der Waals surface area contributed by atoms with Crippen LogP contribution in [-0.2, 0) is 30.8 Å². The average molecular weight is 412 g/mol. The minimum atomic E-state index is 0.200. The number of aryl methyl sites for hydroxylation is 1. The van der Waals surface area contributed by atoms with Gasteiger partial charge in [-0.1, -0.05) is 19.4 Å². The van der Waals surface area contributed by atoms with Crippen molar-refractivity contribution in [1.82, 2.24) is 24.6 Å². The van der Waals surface area contributed by atoms with Crippen LogP contribution in [0, 0.1) is 5.92 Å². The van der Waals surface area contributed by atoms with Crippen molar-refractivity contribution in [2.24, 2.45) is 5.92 Å². The maximum atomic E-state index is 13.3. The predicted molar refractivity (Wildman–Crippen MR) is 115 cm³/mol. The number of likely N-dealkylation sites (tertiary alicyclic amines) is 1. The van der Waals surface area contributed by atoms with Gasteiger partial charge in [-0.05, 0) is 37.9 Å². The first-order valence-corrected chi connectivity index (χ1v) is 11.4. The Kier molecular flexibility index (Phi) is 5.52. The second kappa shape index (κ2) is 8.29. The summed E-state index contributed by atoms with van der Waals surface area (Å²) in [7, 11) is 2.07. The molecule has 3 aliphatic rings. The zero-order valence-corrected chi connectivity index (χ0v) is 18.1. The highest BCUT2D eigenvalue weighted by molar-refractivity contribution is 5.23. The number of ether oxygens (including phenoxy) is 1. The number of nitrogens with one attached hydrogen (secondary N) is 1. The van der Waals surface area contributed by atoms with Gasteiger partial charge in [-0.15, -0.1) is 0 Å². The van der Waals surface area contributed by atoms with Crippen molar-refractivity contribution in [2.45, 2.75) is 57.8 Å². The summed E-state index contributed by atoms with van der Waals surface area (Å²) in [4.78, 5) is 18.1. The molecule has 7 heteroatoms. The fourth-order valence-electron chi connectivity index (χ4n) is 5.39. The molecule has 0 saturated carbocycles. The summed E-state index contributed by atoms with van der Waals surface area (Å²) in [5.74, 6) is 1.05. The summed E-state index contributed by atoms with van der Waals surface area (Å²) in [6.45, 7) is 8.33. The lowest BCUT2D eigenvalue weighted by Gasteiger charge is -2.47. The highest BCUT2D eigenvalue weighted by Gasteiger charge is 2.39. The van der Waals surface area contributed by atoms with Gasteiger partial charge in [-0.3, -0.25) is 19.7 Å². The standard InChI is InChI=1S/C23H33N5O2/c1-3-4-19-8-20(25-24-19)13-26(2)11-17-5-6-22-18-7-16(10-28(22)23(17)29)9-27(12-18)21-14-30-15-21/h5-6,8,16,18,21H,3-4,7,9-15H2,1-2H3,(H,24,25)/t16-,18+/m0/s1. The number of aromatic nitrogens is 3. The number of H-pyrrole nitrogens is 1. The Morgan fingerprint density at radius 1 is 1.23 bits per heavy atom.